The van der Waals surface area contributed by atoms with E-state index in [0.717, 1.165) is 3.57 Å². The number of hydrogen-bond acceptors (Lipinski definition) is 0. The normalized spacial score (nSPS) is 10.2. The van der Waals surface area contributed by atoms with Crippen molar-refractivity contribution >= 4 is 51.3 Å². The van der Waals surface area contributed by atoms with Crippen LogP contribution in [-0.2, 0) is 0 Å². The minimum absolute atomic E-state index is 0.292. The van der Waals surface area contributed by atoms with Crippen molar-refractivity contribution in [3.8, 4) is 0 Å². The molecule has 0 spiro atoms. The van der Waals surface area contributed by atoms with Crippen LogP contribution in [0.25, 0.3) is 6.08 Å². The van der Waals surface area contributed by atoms with Gasteiger partial charge in [0, 0.05) is 14.7 Å². The molecule has 0 nitrogen and oxygen atoms in total. The fourth-order valence-electron chi connectivity index (χ4n) is 0.953. The highest BCUT2D eigenvalue weighted by Gasteiger charge is 2.17. The maximum Gasteiger partial charge on any atom is 0.173 e. The van der Waals surface area contributed by atoms with Gasteiger partial charge in [0.2, 0.25) is 0 Å². The highest BCUT2D eigenvalue weighted by atomic mass is 127. The lowest BCUT2D eigenvalue weighted by molar-refractivity contribution is 0.497. The minimum atomic E-state index is -0.784. The van der Waals surface area contributed by atoms with Crippen molar-refractivity contribution in [1.82, 2.24) is 0 Å². The van der Waals surface area contributed by atoms with Crippen molar-refractivity contribution in [2.45, 2.75) is 6.92 Å². The summed E-state index contributed by atoms with van der Waals surface area (Å²) in [6.07, 6.45) is 1.54. The second-order valence-corrected chi connectivity index (χ2v) is 4.66. The van der Waals surface area contributed by atoms with Crippen molar-refractivity contribution in [1.29, 1.82) is 0 Å². The van der Waals surface area contributed by atoms with Gasteiger partial charge in [-0.1, -0.05) is 12.7 Å². The molecule has 0 aliphatic heterocycles. The van der Waals surface area contributed by atoms with Crippen LogP contribution in [0.2, 0.25) is 0 Å². The van der Waals surface area contributed by atoms with Crippen molar-refractivity contribution in [2.75, 3.05) is 0 Å². The molecule has 0 heterocycles. The summed E-state index contributed by atoms with van der Waals surface area (Å²) in [7, 11) is 0. The van der Waals surface area contributed by atoms with Gasteiger partial charge < -0.3 is 0 Å². The first-order valence-corrected chi connectivity index (χ1v) is 5.61. The van der Waals surface area contributed by atoms with Crippen LogP contribution in [0.15, 0.2) is 6.58 Å². The molecule has 0 aliphatic carbocycles. The molecule has 1 aromatic rings. The molecule has 1 aromatic carbocycles. The zero-order valence-electron chi connectivity index (χ0n) is 6.80. The molecule has 0 amide bonds. The third-order valence-corrected chi connectivity index (χ3v) is 4.17. The fraction of sp³-hybridized carbons (Fsp3) is 0.111. The van der Waals surface area contributed by atoms with E-state index < -0.39 is 11.6 Å². The van der Waals surface area contributed by atoms with E-state index in [1.807, 2.05) is 22.6 Å². The number of hydrogen-bond donors (Lipinski definition) is 0. The van der Waals surface area contributed by atoms with Gasteiger partial charge in [-0.25, -0.2) is 8.78 Å². The van der Waals surface area contributed by atoms with Gasteiger partial charge in [-0.05, 0) is 52.1 Å². The number of halogens is 4. The van der Waals surface area contributed by atoms with Gasteiger partial charge in [0.1, 0.15) is 0 Å². The highest BCUT2D eigenvalue weighted by Crippen LogP contribution is 2.28. The van der Waals surface area contributed by atoms with Crippen LogP contribution in [0.1, 0.15) is 11.1 Å². The summed E-state index contributed by atoms with van der Waals surface area (Å²) in [6.45, 7) is 5.12. The molecule has 0 atom stereocenters. The smallest absolute Gasteiger partial charge is 0.173 e. The Hall–Kier alpha value is 0.280. The predicted octanol–water partition coefficient (Wildman–Crippen LogP) is 4.13. The van der Waals surface area contributed by atoms with Gasteiger partial charge in [0.05, 0.1) is 3.57 Å². The van der Waals surface area contributed by atoms with Gasteiger partial charge in [0.15, 0.2) is 11.6 Å². The molecule has 0 saturated carbocycles. The molecule has 1 rings (SSSR count). The molecule has 13 heavy (non-hydrogen) atoms. The Morgan fingerprint density at radius 3 is 2.15 bits per heavy atom. The molecule has 0 bridgehead atoms. The predicted molar refractivity (Wildman–Crippen MR) is 66.6 cm³/mol. The van der Waals surface area contributed by atoms with Crippen LogP contribution < -0.4 is 0 Å². The number of rotatable bonds is 1. The van der Waals surface area contributed by atoms with Crippen LogP contribution >= 0.6 is 45.2 Å². The first kappa shape index (κ1) is 11.4. The zero-order chi connectivity index (χ0) is 10.2. The average Bonchev–Trinajstić information content (AvgIpc) is 2.13. The zero-order valence-corrected chi connectivity index (χ0v) is 11.1. The summed E-state index contributed by atoms with van der Waals surface area (Å²) in [4.78, 5) is 0. The largest absolute Gasteiger partial charge is 0.203 e. The fourth-order valence-corrected chi connectivity index (χ4v) is 2.92. The van der Waals surface area contributed by atoms with Crippen molar-refractivity contribution in [3.63, 3.8) is 0 Å². The topological polar surface area (TPSA) is 0 Å². The van der Waals surface area contributed by atoms with E-state index in [0.29, 0.717) is 14.7 Å². The molecule has 0 aliphatic rings. The van der Waals surface area contributed by atoms with E-state index in [1.165, 1.54) is 0 Å². The van der Waals surface area contributed by atoms with Crippen LogP contribution in [0.4, 0.5) is 8.78 Å². The maximum absolute atomic E-state index is 13.2. The Morgan fingerprint density at radius 1 is 1.15 bits per heavy atom. The number of benzene rings is 1. The Bertz CT molecular complexity index is 343. The van der Waals surface area contributed by atoms with E-state index in [-0.39, 0.29) is 0 Å². The molecule has 0 saturated heterocycles. The van der Waals surface area contributed by atoms with Crippen LogP contribution in [-0.4, -0.2) is 0 Å². The first-order valence-electron chi connectivity index (χ1n) is 3.45. The lowest BCUT2D eigenvalue weighted by Gasteiger charge is -2.08. The van der Waals surface area contributed by atoms with Gasteiger partial charge in [0.25, 0.3) is 0 Å². The van der Waals surface area contributed by atoms with Crippen molar-refractivity contribution in [2.24, 2.45) is 0 Å². The molecular weight excluding hydrogens is 400 g/mol. The molecule has 0 aromatic heterocycles. The molecule has 0 N–H and O–H groups in total. The Balaban J connectivity index is 3.66. The highest BCUT2D eigenvalue weighted by molar-refractivity contribution is 14.1. The van der Waals surface area contributed by atoms with Gasteiger partial charge in [-0.15, -0.1) is 0 Å². The molecule has 0 unspecified atom stereocenters. The summed E-state index contributed by atoms with van der Waals surface area (Å²) in [6, 6.07) is 0. The second kappa shape index (κ2) is 4.20. The summed E-state index contributed by atoms with van der Waals surface area (Å²) in [5.74, 6) is -1.55. The lowest BCUT2D eigenvalue weighted by Crippen LogP contribution is -2.00. The van der Waals surface area contributed by atoms with E-state index in [2.05, 4.69) is 6.58 Å². The van der Waals surface area contributed by atoms with E-state index >= 15 is 0 Å². The average molecular weight is 406 g/mol. The lowest BCUT2D eigenvalue weighted by atomic mass is 10.1. The van der Waals surface area contributed by atoms with E-state index in [4.69, 9.17) is 0 Å². The third-order valence-electron chi connectivity index (χ3n) is 1.72. The first-order chi connectivity index (χ1) is 6.00. The standard InChI is InChI=1S/C9H6F2I2/c1-3-5-8(12)4(2)6(10)7(11)9(5)13/h3H,1H2,2H3. The minimum Gasteiger partial charge on any atom is -0.203 e. The van der Waals surface area contributed by atoms with Crippen LogP contribution in [0.3, 0.4) is 0 Å². The Kier molecular flexibility index (Phi) is 3.67. The summed E-state index contributed by atoms with van der Waals surface area (Å²) in [5, 5.41) is 0. The molecule has 70 valence electrons. The van der Waals surface area contributed by atoms with Crippen molar-refractivity contribution in [3.05, 3.63) is 36.5 Å². The quantitative estimate of drug-likeness (QED) is 0.374. The van der Waals surface area contributed by atoms with Crippen LogP contribution in [0, 0.1) is 25.7 Å². The van der Waals surface area contributed by atoms with Gasteiger partial charge in [-0.3, -0.25) is 0 Å². The molecule has 0 radical (unpaired) electrons. The van der Waals surface area contributed by atoms with E-state index in [1.54, 1.807) is 35.6 Å². The van der Waals surface area contributed by atoms with Gasteiger partial charge >= 0.3 is 0 Å². The monoisotopic (exact) mass is 406 g/mol. The van der Waals surface area contributed by atoms with E-state index in [9.17, 15) is 8.78 Å². The third kappa shape index (κ3) is 1.88. The molecular formula is C9H6F2I2. The maximum atomic E-state index is 13.2. The summed E-state index contributed by atoms with van der Waals surface area (Å²) < 4.78 is 27.3. The Morgan fingerprint density at radius 2 is 1.69 bits per heavy atom. The van der Waals surface area contributed by atoms with Crippen molar-refractivity contribution < 1.29 is 8.78 Å². The molecule has 4 heteroatoms. The molecule has 0 fully saturated rings. The Labute approximate surface area is 103 Å². The van der Waals surface area contributed by atoms with Gasteiger partial charge in [-0.2, -0.15) is 0 Å². The second-order valence-electron chi connectivity index (χ2n) is 2.50. The summed E-state index contributed by atoms with van der Waals surface area (Å²) >= 11 is 3.77. The SMILES string of the molecule is C=Cc1c(I)c(C)c(F)c(F)c1I. The van der Waals surface area contributed by atoms with Crippen LogP contribution in [0.5, 0.6) is 0 Å². The summed E-state index contributed by atoms with van der Waals surface area (Å²) in [5.41, 5.74) is 1.01.